The lowest BCUT2D eigenvalue weighted by Crippen LogP contribution is -2.35. The first-order valence-corrected chi connectivity index (χ1v) is 7.09. The second-order valence-corrected chi connectivity index (χ2v) is 5.47. The fourth-order valence-corrected chi connectivity index (χ4v) is 2.60. The fraction of sp³-hybridized carbons (Fsp3) is 0.714. The van der Waals surface area contributed by atoms with Crippen molar-refractivity contribution in [3.05, 3.63) is 17.7 Å². The van der Waals surface area contributed by atoms with Gasteiger partial charge in [-0.2, -0.15) is 0 Å². The summed E-state index contributed by atoms with van der Waals surface area (Å²) in [6, 6.07) is 0. The quantitative estimate of drug-likeness (QED) is 0.873. The normalized spacial score (nSPS) is 15.6. The van der Waals surface area contributed by atoms with Gasteiger partial charge < -0.3 is 9.88 Å². The molecule has 0 aromatic carbocycles. The highest BCUT2D eigenvalue weighted by molar-refractivity contribution is 5.75. The van der Waals surface area contributed by atoms with Crippen LogP contribution in [0, 0.1) is 0 Å². The number of aromatic nitrogens is 2. The molecule has 0 saturated heterocycles. The first-order valence-electron chi connectivity index (χ1n) is 7.09. The second kappa shape index (κ2) is 6.19. The average molecular weight is 264 g/mol. The Bertz CT molecular complexity index is 439. The van der Waals surface area contributed by atoms with Crippen LogP contribution >= 0.6 is 0 Å². The number of hydrogen-bond donors (Lipinski definition) is 1. The SMILES string of the molecule is CNC(=O)CCCN1CCn2c(cnc2C(C)C)C1. The maximum absolute atomic E-state index is 11.2. The third-order valence-electron chi connectivity index (χ3n) is 3.67. The molecule has 1 aromatic heterocycles. The third kappa shape index (κ3) is 3.35. The summed E-state index contributed by atoms with van der Waals surface area (Å²) >= 11 is 0. The molecule has 19 heavy (non-hydrogen) atoms. The van der Waals surface area contributed by atoms with Crippen molar-refractivity contribution in [1.82, 2.24) is 19.8 Å². The van der Waals surface area contributed by atoms with Crippen molar-refractivity contribution in [3.63, 3.8) is 0 Å². The number of nitrogens with one attached hydrogen (secondary N) is 1. The summed E-state index contributed by atoms with van der Waals surface area (Å²) in [4.78, 5) is 18.1. The number of nitrogens with zero attached hydrogens (tertiary/aromatic N) is 3. The lowest BCUT2D eigenvalue weighted by atomic mass is 10.2. The van der Waals surface area contributed by atoms with Gasteiger partial charge in [-0.1, -0.05) is 13.8 Å². The maximum atomic E-state index is 11.2. The van der Waals surface area contributed by atoms with Crippen LogP contribution in [-0.2, 0) is 17.9 Å². The van der Waals surface area contributed by atoms with Crippen molar-refractivity contribution in [2.45, 2.75) is 45.7 Å². The van der Waals surface area contributed by atoms with E-state index in [4.69, 9.17) is 0 Å². The van der Waals surface area contributed by atoms with Gasteiger partial charge in [-0.05, 0) is 13.0 Å². The molecule has 0 spiro atoms. The zero-order valence-electron chi connectivity index (χ0n) is 12.1. The maximum Gasteiger partial charge on any atom is 0.219 e. The molecule has 2 heterocycles. The minimum absolute atomic E-state index is 0.129. The van der Waals surface area contributed by atoms with Crippen LogP contribution in [0.3, 0.4) is 0 Å². The van der Waals surface area contributed by atoms with Gasteiger partial charge in [0.05, 0.1) is 5.69 Å². The highest BCUT2D eigenvalue weighted by Gasteiger charge is 2.20. The lowest BCUT2D eigenvalue weighted by molar-refractivity contribution is -0.120. The molecule has 0 atom stereocenters. The summed E-state index contributed by atoms with van der Waals surface area (Å²) in [5, 5.41) is 2.66. The van der Waals surface area contributed by atoms with Crippen molar-refractivity contribution in [2.24, 2.45) is 0 Å². The van der Waals surface area contributed by atoms with Crippen LogP contribution in [0.5, 0.6) is 0 Å². The van der Waals surface area contributed by atoms with Gasteiger partial charge in [0.25, 0.3) is 0 Å². The summed E-state index contributed by atoms with van der Waals surface area (Å²) in [6.45, 7) is 8.37. The van der Waals surface area contributed by atoms with Crippen LogP contribution in [-0.4, -0.2) is 40.5 Å². The Morgan fingerprint density at radius 3 is 2.95 bits per heavy atom. The zero-order chi connectivity index (χ0) is 13.8. The second-order valence-electron chi connectivity index (χ2n) is 5.47. The van der Waals surface area contributed by atoms with E-state index in [1.54, 1.807) is 7.05 Å². The number of carbonyl (C=O) groups is 1. The van der Waals surface area contributed by atoms with E-state index in [1.165, 1.54) is 11.5 Å². The van der Waals surface area contributed by atoms with E-state index in [0.717, 1.165) is 32.6 Å². The molecule has 1 N–H and O–H groups in total. The van der Waals surface area contributed by atoms with E-state index >= 15 is 0 Å². The molecule has 1 aliphatic rings. The zero-order valence-corrected chi connectivity index (χ0v) is 12.1. The largest absolute Gasteiger partial charge is 0.359 e. The Balaban J connectivity index is 1.87. The van der Waals surface area contributed by atoms with Crippen molar-refractivity contribution in [1.29, 1.82) is 0 Å². The molecule has 5 nitrogen and oxygen atoms in total. The predicted molar refractivity (Wildman–Crippen MR) is 74.9 cm³/mol. The molecule has 1 aliphatic heterocycles. The topological polar surface area (TPSA) is 50.2 Å². The van der Waals surface area contributed by atoms with Crippen LogP contribution < -0.4 is 5.32 Å². The molecule has 5 heteroatoms. The molecule has 0 aliphatic carbocycles. The number of carbonyl (C=O) groups excluding carboxylic acids is 1. The van der Waals surface area contributed by atoms with E-state index in [0.29, 0.717) is 12.3 Å². The average Bonchev–Trinajstić information content (AvgIpc) is 2.81. The molecular formula is C14H24N4O. The van der Waals surface area contributed by atoms with Crippen LogP contribution in [0.2, 0.25) is 0 Å². The summed E-state index contributed by atoms with van der Waals surface area (Å²) in [6.07, 6.45) is 3.54. The van der Waals surface area contributed by atoms with Gasteiger partial charge in [0.2, 0.25) is 5.91 Å². The molecule has 2 rings (SSSR count). The number of amides is 1. The van der Waals surface area contributed by atoms with E-state index in [2.05, 4.69) is 33.6 Å². The van der Waals surface area contributed by atoms with Crippen LogP contribution in [0.4, 0.5) is 0 Å². The molecule has 0 radical (unpaired) electrons. The first-order chi connectivity index (χ1) is 9.11. The molecule has 1 amide bonds. The summed E-state index contributed by atoms with van der Waals surface area (Å²) in [7, 11) is 1.69. The number of imidazole rings is 1. The van der Waals surface area contributed by atoms with Gasteiger partial charge in [0.1, 0.15) is 5.82 Å². The smallest absolute Gasteiger partial charge is 0.219 e. The van der Waals surface area contributed by atoms with Gasteiger partial charge in [0, 0.05) is 45.2 Å². The minimum Gasteiger partial charge on any atom is -0.359 e. The molecule has 0 unspecified atom stereocenters. The van der Waals surface area contributed by atoms with E-state index in [-0.39, 0.29) is 5.91 Å². The van der Waals surface area contributed by atoms with Crippen molar-refractivity contribution >= 4 is 5.91 Å². The molecule has 0 bridgehead atoms. The molecule has 0 fully saturated rings. The Morgan fingerprint density at radius 2 is 2.26 bits per heavy atom. The Labute approximate surface area is 115 Å². The van der Waals surface area contributed by atoms with Gasteiger partial charge in [0.15, 0.2) is 0 Å². The lowest BCUT2D eigenvalue weighted by Gasteiger charge is -2.29. The van der Waals surface area contributed by atoms with Gasteiger partial charge in [-0.15, -0.1) is 0 Å². The Hall–Kier alpha value is -1.36. The molecule has 106 valence electrons. The third-order valence-corrected chi connectivity index (χ3v) is 3.67. The van der Waals surface area contributed by atoms with E-state index in [1.807, 2.05) is 6.20 Å². The minimum atomic E-state index is 0.129. The summed E-state index contributed by atoms with van der Waals surface area (Å²) in [5.74, 6) is 1.80. The number of rotatable bonds is 5. The Kier molecular flexibility index (Phi) is 4.58. The molecule has 0 saturated carbocycles. The number of fused-ring (bicyclic) bond motifs is 1. The molecule has 1 aromatic rings. The summed E-state index contributed by atoms with van der Waals surface area (Å²) in [5.41, 5.74) is 1.30. The predicted octanol–water partition coefficient (Wildman–Crippen LogP) is 1.35. The first kappa shape index (κ1) is 14.1. The summed E-state index contributed by atoms with van der Waals surface area (Å²) < 4.78 is 2.35. The van der Waals surface area contributed by atoms with Crippen LogP contribution in [0.1, 0.15) is 44.1 Å². The van der Waals surface area contributed by atoms with Crippen molar-refractivity contribution in [3.8, 4) is 0 Å². The Morgan fingerprint density at radius 1 is 1.47 bits per heavy atom. The highest BCUT2D eigenvalue weighted by Crippen LogP contribution is 2.20. The van der Waals surface area contributed by atoms with Crippen molar-refractivity contribution < 1.29 is 4.79 Å². The van der Waals surface area contributed by atoms with Gasteiger partial charge in [-0.25, -0.2) is 4.98 Å². The number of hydrogen-bond acceptors (Lipinski definition) is 3. The van der Waals surface area contributed by atoms with Crippen molar-refractivity contribution in [2.75, 3.05) is 20.1 Å². The highest BCUT2D eigenvalue weighted by atomic mass is 16.1. The van der Waals surface area contributed by atoms with Gasteiger partial charge in [-0.3, -0.25) is 9.69 Å². The van der Waals surface area contributed by atoms with E-state index < -0.39 is 0 Å². The van der Waals surface area contributed by atoms with Crippen LogP contribution in [0.15, 0.2) is 6.20 Å². The monoisotopic (exact) mass is 264 g/mol. The van der Waals surface area contributed by atoms with Gasteiger partial charge >= 0.3 is 0 Å². The molecular weight excluding hydrogens is 240 g/mol. The van der Waals surface area contributed by atoms with E-state index in [9.17, 15) is 4.79 Å². The standard InChI is InChI=1S/C14H24N4O/c1-11(2)14-16-9-12-10-17(7-8-18(12)14)6-4-5-13(19)15-3/h9,11H,4-8,10H2,1-3H3,(H,15,19). The fourth-order valence-electron chi connectivity index (χ4n) is 2.60. The van der Waals surface area contributed by atoms with Crippen LogP contribution in [0.25, 0.3) is 0 Å².